The molecule has 0 saturated heterocycles. The van der Waals surface area contributed by atoms with Crippen molar-refractivity contribution in [3.63, 3.8) is 0 Å². The van der Waals surface area contributed by atoms with Crippen LogP contribution in [0, 0.1) is 0 Å². The number of benzene rings is 1. The second-order valence-corrected chi connectivity index (χ2v) is 3.13. The molecule has 4 nitrogen and oxygen atoms in total. The van der Waals surface area contributed by atoms with Gasteiger partial charge in [-0.15, -0.1) is 0 Å². The van der Waals surface area contributed by atoms with Crippen LogP contribution in [0.5, 0.6) is 5.75 Å². The average molecular weight is 194 g/mol. The van der Waals surface area contributed by atoms with Crippen LogP contribution in [0.25, 0.3) is 0 Å². The number of hydrogen-bond acceptors (Lipinski definition) is 3. The van der Waals surface area contributed by atoms with E-state index in [1.54, 1.807) is 25.1 Å². The van der Waals surface area contributed by atoms with E-state index in [1.807, 2.05) is 6.07 Å². The summed E-state index contributed by atoms with van der Waals surface area (Å²) in [7, 11) is 0. The lowest BCUT2D eigenvalue weighted by atomic mass is 10.2. The molecule has 1 aromatic rings. The van der Waals surface area contributed by atoms with Crippen molar-refractivity contribution >= 4 is 5.91 Å². The van der Waals surface area contributed by atoms with Gasteiger partial charge in [0.05, 0.1) is 6.04 Å². The molecule has 0 spiro atoms. The number of phenols is 1. The Labute approximate surface area is 82.7 Å². The van der Waals surface area contributed by atoms with E-state index < -0.39 is 11.9 Å². The maximum absolute atomic E-state index is 10.7. The lowest BCUT2D eigenvalue weighted by Gasteiger charge is -2.10. The molecule has 1 aromatic carbocycles. The number of carbonyl (C=O) groups excluding carboxylic acids is 1. The molecule has 0 saturated carbocycles. The van der Waals surface area contributed by atoms with Crippen LogP contribution >= 0.6 is 0 Å². The van der Waals surface area contributed by atoms with E-state index >= 15 is 0 Å². The largest absolute Gasteiger partial charge is 0.508 e. The maximum atomic E-state index is 10.7. The molecule has 0 bridgehead atoms. The Bertz CT molecular complexity index is 326. The molecular formula is C10H14N2O2. The van der Waals surface area contributed by atoms with E-state index in [1.165, 1.54) is 0 Å². The van der Waals surface area contributed by atoms with Crippen LogP contribution in [0.15, 0.2) is 24.3 Å². The predicted molar refractivity (Wildman–Crippen MR) is 53.6 cm³/mol. The Morgan fingerprint density at radius 2 is 2.21 bits per heavy atom. The van der Waals surface area contributed by atoms with Gasteiger partial charge in [0.25, 0.3) is 0 Å². The molecule has 0 aliphatic rings. The first-order chi connectivity index (χ1) is 6.61. The average Bonchev–Trinajstić information content (AvgIpc) is 2.16. The van der Waals surface area contributed by atoms with Crippen LogP contribution in [0.4, 0.5) is 0 Å². The van der Waals surface area contributed by atoms with Crippen molar-refractivity contribution in [2.24, 2.45) is 5.73 Å². The van der Waals surface area contributed by atoms with Crippen LogP contribution < -0.4 is 11.1 Å². The number of rotatable bonds is 4. The SMILES string of the molecule is CC(NCc1ccccc1O)C(N)=O. The van der Waals surface area contributed by atoms with E-state index in [0.717, 1.165) is 5.56 Å². The molecule has 0 aliphatic heterocycles. The summed E-state index contributed by atoms with van der Waals surface area (Å²) >= 11 is 0. The molecule has 0 aromatic heterocycles. The zero-order valence-electron chi connectivity index (χ0n) is 8.03. The van der Waals surface area contributed by atoms with Crippen LogP contribution in [0.2, 0.25) is 0 Å². The highest BCUT2D eigenvalue weighted by molar-refractivity contribution is 5.79. The Kier molecular flexibility index (Phi) is 3.48. The van der Waals surface area contributed by atoms with Gasteiger partial charge in [0.1, 0.15) is 5.75 Å². The number of aromatic hydroxyl groups is 1. The first-order valence-electron chi connectivity index (χ1n) is 4.41. The lowest BCUT2D eigenvalue weighted by molar-refractivity contribution is -0.119. The molecule has 1 amide bonds. The van der Waals surface area contributed by atoms with Crippen molar-refractivity contribution in [2.45, 2.75) is 19.5 Å². The van der Waals surface area contributed by atoms with Gasteiger partial charge in [-0.3, -0.25) is 4.79 Å². The van der Waals surface area contributed by atoms with Gasteiger partial charge in [-0.05, 0) is 13.0 Å². The summed E-state index contributed by atoms with van der Waals surface area (Å²) in [5.74, 6) is -0.183. The molecule has 0 fully saturated rings. The number of phenolic OH excluding ortho intramolecular Hbond substituents is 1. The third-order valence-corrected chi connectivity index (χ3v) is 2.02. The summed E-state index contributed by atoms with van der Waals surface area (Å²) in [4.78, 5) is 10.7. The first-order valence-corrected chi connectivity index (χ1v) is 4.41. The second-order valence-electron chi connectivity index (χ2n) is 3.13. The van der Waals surface area contributed by atoms with E-state index in [9.17, 15) is 9.90 Å². The number of para-hydroxylation sites is 1. The summed E-state index contributed by atoms with van der Waals surface area (Å²) in [6.07, 6.45) is 0. The van der Waals surface area contributed by atoms with Crippen LogP contribution in [0.3, 0.4) is 0 Å². The van der Waals surface area contributed by atoms with E-state index in [4.69, 9.17) is 5.73 Å². The Balaban J connectivity index is 2.54. The third-order valence-electron chi connectivity index (χ3n) is 2.02. The molecule has 0 aliphatic carbocycles. The predicted octanol–water partition coefficient (Wildman–Crippen LogP) is 0.356. The number of nitrogens with two attached hydrogens (primary N) is 1. The maximum Gasteiger partial charge on any atom is 0.234 e. The van der Waals surface area contributed by atoms with Gasteiger partial charge in [0.2, 0.25) is 5.91 Å². The summed E-state index contributed by atoms with van der Waals surface area (Å²) in [5.41, 5.74) is 5.82. The molecular weight excluding hydrogens is 180 g/mol. The zero-order chi connectivity index (χ0) is 10.6. The highest BCUT2D eigenvalue weighted by atomic mass is 16.3. The van der Waals surface area contributed by atoms with Gasteiger partial charge in [-0.25, -0.2) is 0 Å². The molecule has 0 heterocycles. The minimum Gasteiger partial charge on any atom is -0.508 e. The minimum absolute atomic E-state index is 0.219. The fourth-order valence-corrected chi connectivity index (χ4v) is 1.02. The van der Waals surface area contributed by atoms with Crippen molar-refractivity contribution in [2.75, 3.05) is 0 Å². The number of hydrogen-bond donors (Lipinski definition) is 3. The minimum atomic E-state index is -0.402. The van der Waals surface area contributed by atoms with Gasteiger partial charge < -0.3 is 16.2 Å². The number of amides is 1. The lowest BCUT2D eigenvalue weighted by Crippen LogP contribution is -2.38. The van der Waals surface area contributed by atoms with Crippen molar-refractivity contribution < 1.29 is 9.90 Å². The second kappa shape index (κ2) is 4.62. The standard InChI is InChI=1S/C10H14N2O2/c1-7(10(11)14)12-6-8-4-2-3-5-9(8)13/h2-5,7,12-13H,6H2,1H3,(H2,11,14). The smallest absolute Gasteiger partial charge is 0.234 e. The molecule has 0 radical (unpaired) electrons. The zero-order valence-corrected chi connectivity index (χ0v) is 8.03. The summed E-state index contributed by atoms with van der Waals surface area (Å²) in [6, 6.07) is 6.57. The van der Waals surface area contributed by atoms with Crippen LogP contribution in [-0.4, -0.2) is 17.1 Å². The van der Waals surface area contributed by atoms with Crippen LogP contribution in [0.1, 0.15) is 12.5 Å². The number of carbonyl (C=O) groups is 1. The van der Waals surface area contributed by atoms with Crippen molar-refractivity contribution in [1.82, 2.24) is 5.32 Å². The monoisotopic (exact) mass is 194 g/mol. The topological polar surface area (TPSA) is 75.3 Å². The molecule has 1 atom stereocenters. The van der Waals surface area contributed by atoms with E-state index in [-0.39, 0.29) is 5.75 Å². The summed E-state index contributed by atoms with van der Waals surface area (Å²) < 4.78 is 0. The van der Waals surface area contributed by atoms with Crippen molar-refractivity contribution in [3.8, 4) is 5.75 Å². The van der Waals surface area contributed by atoms with Crippen LogP contribution in [-0.2, 0) is 11.3 Å². The molecule has 1 rings (SSSR count). The number of primary amides is 1. The highest BCUT2D eigenvalue weighted by Gasteiger charge is 2.08. The Morgan fingerprint density at radius 3 is 2.79 bits per heavy atom. The molecule has 4 heteroatoms. The van der Waals surface area contributed by atoms with E-state index in [0.29, 0.717) is 6.54 Å². The van der Waals surface area contributed by atoms with Crippen molar-refractivity contribution in [3.05, 3.63) is 29.8 Å². The third kappa shape index (κ3) is 2.74. The van der Waals surface area contributed by atoms with Gasteiger partial charge in [0, 0.05) is 12.1 Å². The Morgan fingerprint density at radius 1 is 1.57 bits per heavy atom. The fourth-order valence-electron chi connectivity index (χ4n) is 1.02. The number of nitrogens with one attached hydrogen (secondary N) is 1. The summed E-state index contributed by atoms with van der Waals surface area (Å²) in [5, 5.41) is 12.3. The molecule has 76 valence electrons. The molecule has 14 heavy (non-hydrogen) atoms. The first kappa shape index (κ1) is 10.5. The van der Waals surface area contributed by atoms with Gasteiger partial charge >= 0.3 is 0 Å². The van der Waals surface area contributed by atoms with Gasteiger partial charge in [-0.2, -0.15) is 0 Å². The quantitative estimate of drug-likeness (QED) is 0.647. The molecule has 1 unspecified atom stereocenters. The highest BCUT2D eigenvalue weighted by Crippen LogP contribution is 2.14. The summed E-state index contributed by atoms with van der Waals surface area (Å²) in [6.45, 7) is 2.11. The fraction of sp³-hybridized carbons (Fsp3) is 0.300. The molecule has 4 N–H and O–H groups in total. The normalized spacial score (nSPS) is 12.4. The van der Waals surface area contributed by atoms with Gasteiger partial charge in [-0.1, -0.05) is 18.2 Å². The van der Waals surface area contributed by atoms with E-state index in [2.05, 4.69) is 5.32 Å². The van der Waals surface area contributed by atoms with Crippen molar-refractivity contribution in [1.29, 1.82) is 0 Å². The van der Waals surface area contributed by atoms with Gasteiger partial charge in [0.15, 0.2) is 0 Å². The Hall–Kier alpha value is -1.55.